The highest BCUT2D eigenvalue weighted by Gasteiger charge is 2.26. The van der Waals surface area contributed by atoms with Crippen molar-refractivity contribution in [2.75, 3.05) is 32.6 Å². The molecule has 7 nitrogen and oxygen atoms in total. The predicted molar refractivity (Wildman–Crippen MR) is 107 cm³/mol. The number of rotatable bonds is 6. The van der Waals surface area contributed by atoms with Gasteiger partial charge in [-0.15, -0.1) is 0 Å². The van der Waals surface area contributed by atoms with Gasteiger partial charge in [0.1, 0.15) is 6.17 Å². The summed E-state index contributed by atoms with van der Waals surface area (Å²) in [6.45, 7) is 2.08. The van der Waals surface area contributed by atoms with Crippen molar-refractivity contribution < 1.29 is 19.1 Å². The summed E-state index contributed by atoms with van der Waals surface area (Å²) in [7, 11) is 3.30. The molecule has 2 amide bonds. The van der Waals surface area contributed by atoms with Crippen LogP contribution in [0.4, 0.5) is 5.69 Å². The quantitative estimate of drug-likeness (QED) is 0.774. The molecule has 3 rings (SSSR count). The molecule has 0 aliphatic carbocycles. The highest BCUT2D eigenvalue weighted by molar-refractivity contribution is 6.32. The fourth-order valence-electron chi connectivity index (χ4n) is 2.79. The second kappa shape index (κ2) is 8.39. The van der Waals surface area contributed by atoms with Crippen LogP contribution in [0.5, 0.6) is 11.5 Å². The number of ether oxygens (including phenoxy) is 2. The Hall–Kier alpha value is -2.93. The number of carbonyl (C=O) groups excluding carboxylic acids is 2. The standard InChI is InChI=1S/C20H22ClN3O4/c1-4-27-16-10-12(9-14(21)18(16)28-11-17(25)24(2)3)19-22-15-8-6-5-7-13(15)20(26)23-19/h5-10,19,22H,4,11H2,1-3H3,(H,23,26)/t19-/m1/s1. The Bertz CT molecular complexity index is 901. The SMILES string of the molecule is CCOc1cc([C@H]2NC(=O)c3ccccc3N2)cc(Cl)c1OCC(=O)N(C)C. The Morgan fingerprint density at radius 3 is 2.64 bits per heavy atom. The third kappa shape index (κ3) is 4.14. The van der Waals surface area contributed by atoms with Gasteiger partial charge in [-0.2, -0.15) is 0 Å². The van der Waals surface area contributed by atoms with E-state index in [1.807, 2.05) is 25.1 Å². The summed E-state index contributed by atoms with van der Waals surface area (Å²) in [5.74, 6) is 0.335. The van der Waals surface area contributed by atoms with E-state index in [0.29, 0.717) is 34.3 Å². The number of anilines is 1. The molecule has 1 atom stereocenters. The second-order valence-corrected chi connectivity index (χ2v) is 6.84. The third-order valence-electron chi connectivity index (χ3n) is 4.25. The molecule has 1 aliphatic rings. The van der Waals surface area contributed by atoms with Gasteiger partial charge in [0.05, 0.1) is 17.2 Å². The van der Waals surface area contributed by atoms with Gasteiger partial charge >= 0.3 is 0 Å². The Balaban J connectivity index is 1.89. The van der Waals surface area contributed by atoms with E-state index in [9.17, 15) is 9.59 Å². The maximum Gasteiger partial charge on any atom is 0.259 e. The van der Waals surface area contributed by atoms with Gasteiger partial charge in [0.25, 0.3) is 11.8 Å². The molecule has 0 spiro atoms. The van der Waals surface area contributed by atoms with Crippen LogP contribution in [0.25, 0.3) is 0 Å². The second-order valence-electron chi connectivity index (χ2n) is 6.44. The zero-order chi connectivity index (χ0) is 20.3. The number of halogens is 1. The molecule has 0 unspecified atom stereocenters. The maximum atomic E-state index is 12.4. The summed E-state index contributed by atoms with van der Waals surface area (Å²) in [5, 5.41) is 6.48. The maximum absolute atomic E-state index is 12.4. The summed E-state index contributed by atoms with van der Waals surface area (Å²) in [6.07, 6.45) is -0.475. The molecule has 1 heterocycles. The number of hydrogen-bond donors (Lipinski definition) is 2. The molecule has 2 aromatic carbocycles. The third-order valence-corrected chi connectivity index (χ3v) is 4.53. The van der Waals surface area contributed by atoms with Crippen molar-refractivity contribution >= 4 is 29.1 Å². The van der Waals surface area contributed by atoms with E-state index < -0.39 is 6.17 Å². The van der Waals surface area contributed by atoms with Crippen molar-refractivity contribution in [1.82, 2.24) is 10.2 Å². The van der Waals surface area contributed by atoms with Crippen LogP contribution in [0.3, 0.4) is 0 Å². The molecule has 148 valence electrons. The van der Waals surface area contributed by atoms with Crippen molar-refractivity contribution in [3.8, 4) is 11.5 Å². The van der Waals surface area contributed by atoms with Gasteiger partial charge in [0.15, 0.2) is 18.1 Å². The minimum atomic E-state index is -0.475. The first kappa shape index (κ1) is 19.8. The molecule has 0 aromatic heterocycles. The van der Waals surface area contributed by atoms with Crippen LogP contribution in [0, 0.1) is 0 Å². The average molecular weight is 404 g/mol. The van der Waals surface area contributed by atoms with Crippen LogP contribution in [-0.4, -0.2) is 44.0 Å². The molecule has 2 N–H and O–H groups in total. The first-order chi connectivity index (χ1) is 13.4. The molecular formula is C20H22ClN3O4. The molecule has 1 aliphatic heterocycles. The Kier molecular flexibility index (Phi) is 5.94. The minimum Gasteiger partial charge on any atom is -0.490 e. The van der Waals surface area contributed by atoms with E-state index in [-0.39, 0.29) is 18.4 Å². The molecule has 28 heavy (non-hydrogen) atoms. The van der Waals surface area contributed by atoms with Crippen LogP contribution in [0.1, 0.15) is 29.0 Å². The van der Waals surface area contributed by atoms with Gasteiger partial charge in [0, 0.05) is 19.8 Å². The van der Waals surface area contributed by atoms with Crippen LogP contribution in [-0.2, 0) is 4.79 Å². The Labute approximate surface area is 168 Å². The lowest BCUT2D eigenvalue weighted by atomic mass is 10.1. The molecular weight excluding hydrogens is 382 g/mol. The zero-order valence-electron chi connectivity index (χ0n) is 15.9. The molecule has 8 heteroatoms. The highest BCUT2D eigenvalue weighted by Crippen LogP contribution is 2.39. The van der Waals surface area contributed by atoms with Gasteiger partial charge in [-0.1, -0.05) is 23.7 Å². The van der Waals surface area contributed by atoms with Crippen molar-refractivity contribution in [3.05, 3.63) is 52.5 Å². The van der Waals surface area contributed by atoms with Crippen LogP contribution in [0.2, 0.25) is 5.02 Å². The lowest BCUT2D eigenvalue weighted by Gasteiger charge is -2.28. The summed E-state index contributed by atoms with van der Waals surface area (Å²) in [5.41, 5.74) is 2.03. The number of likely N-dealkylation sites (N-methyl/N-ethyl adjacent to an activating group) is 1. The number of carbonyl (C=O) groups is 2. The van der Waals surface area contributed by atoms with Crippen molar-refractivity contribution in [3.63, 3.8) is 0 Å². The van der Waals surface area contributed by atoms with Gasteiger partial charge in [-0.05, 0) is 36.8 Å². The van der Waals surface area contributed by atoms with Crippen molar-refractivity contribution in [2.45, 2.75) is 13.1 Å². The minimum absolute atomic E-state index is 0.155. The molecule has 0 saturated heterocycles. The highest BCUT2D eigenvalue weighted by atomic mass is 35.5. The van der Waals surface area contributed by atoms with Crippen LogP contribution < -0.4 is 20.1 Å². The van der Waals surface area contributed by atoms with Crippen LogP contribution >= 0.6 is 11.6 Å². The lowest BCUT2D eigenvalue weighted by Crippen LogP contribution is -2.38. The fraction of sp³-hybridized carbons (Fsp3) is 0.300. The van der Waals surface area contributed by atoms with E-state index >= 15 is 0 Å². The van der Waals surface area contributed by atoms with E-state index in [4.69, 9.17) is 21.1 Å². The molecule has 0 radical (unpaired) electrons. The number of nitrogens with zero attached hydrogens (tertiary/aromatic N) is 1. The summed E-state index contributed by atoms with van der Waals surface area (Å²) in [6, 6.07) is 10.7. The van der Waals surface area contributed by atoms with E-state index in [1.165, 1.54) is 4.90 Å². The lowest BCUT2D eigenvalue weighted by molar-refractivity contribution is -0.130. The summed E-state index contributed by atoms with van der Waals surface area (Å²) in [4.78, 5) is 25.6. The van der Waals surface area contributed by atoms with Gasteiger partial charge in [-0.3, -0.25) is 9.59 Å². The zero-order valence-corrected chi connectivity index (χ0v) is 16.7. The molecule has 0 bridgehead atoms. The van der Waals surface area contributed by atoms with Gasteiger partial charge in [-0.25, -0.2) is 0 Å². The van der Waals surface area contributed by atoms with E-state index in [0.717, 1.165) is 5.69 Å². The molecule has 0 fully saturated rings. The largest absolute Gasteiger partial charge is 0.490 e. The summed E-state index contributed by atoms with van der Waals surface area (Å²) >= 11 is 6.42. The first-order valence-electron chi connectivity index (χ1n) is 8.86. The van der Waals surface area contributed by atoms with Gasteiger partial charge in [0.2, 0.25) is 0 Å². The van der Waals surface area contributed by atoms with Gasteiger partial charge < -0.3 is 25.0 Å². The Morgan fingerprint density at radius 1 is 1.18 bits per heavy atom. The number of para-hydroxylation sites is 1. The van der Waals surface area contributed by atoms with E-state index in [2.05, 4.69) is 10.6 Å². The fourth-order valence-corrected chi connectivity index (χ4v) is 3.07. The molecule has 2 aromatic rings. The monoisotopic (exact) mass is 403 g/mol. The van der Waals surface area contributed by atoms with Crippen molar-refractivity contribution in [2.24, 2.45) is 0 Å². The number of fused-ring (bicyclic) bond motifs is 1. The number of hydrogen-bond acceptors (Lipinski definition) is 5. The summed E-state index contributed by atoms with van der Waals surface area (Å²) < 4.78 is 11.3. The first-order valence-corrected chi connectivity index (χ1v) is 9.24. The smallest absolute Gasteiger partial charge is 0.259 e. The topological polar surface area (TPSA) is 79.9 Å². The number of amides is 2. The Morgan fingerprint density at radius 2 is 1.93 bits per heavy atom. The van der Waals surface area contributed by atoms with Crippen molar-refractivity contribution in [1.29, 1.82) is 0 Å². The molecule has 0 saturated carbocycles. The van der Waals surface area contributed by atoms with E-state index in [1.54, 1.807) is 32.3 Å². The van der Waals surface area contributed by atoms with Crippen LogP contribution in [0.15, 0.2) is 36.4 Å². The predicted octanol–water partition coefficient (Wildman–Crippen LogP) is 3.06. The average Bonchev–Trinajstić information content (AvgIpc) is 2.67. The number of nitrogens with one attached hydrogen (secondary N) is 2. The normalized spacial score (nSPS) is 15.1. The number of benzene rings is 2.